The molecule has 0 aromatic heterocycles. The first kappa shape index (κ1) is 19.8. The second kappa shape index (κ2) is 9.29. The van der Waals surface area contributed by atoms with E-state index in [0.29, 0.717) is 18.5 Å². The summed E-state index contributed by atoms with van der Waals surface area (Å²) in [6.07, 6.45) is -1.38. The van der Waals surface area contributed by atoms with Crippen LogP contribution in [0.5, 0.6) is 0 Å². The second-order valence-corrected chi connectivity index (χ2v) is 5.82. The fourth-order valence-electron chi connectivity index (χ4n) is 2.11. The lowest BCUT2D eigenvalue weighted by Crippen LogP contribution is -2.24. The van der Waals surface area contributed by atoms with Crippen LogP contribution in [0.3, 0.4) is 0 Å². The van der Waals surface area contributed by atoms with Crippen LogP contribution in [0.2, 0.25) is 5.02 Å². The molecule has 0 aliphatic carbocycles. The summed E-state index contributed by atoms with van der Waals surface area (Å²) in [4.78, 5) is 11.5. The van der Waals surface area contributed by atoms with Crippen molar-refractivity contribution in [1.29, 1.82) is 0 Å². The first-order valence-electron chi connectivity index (χ1n) is 7.84. The third-order valence-electron chi connectivity index (χ3n) is 3.40. The smallest absolute Gasteiger partial charge is 0.417 e. The van der Waals surface area contributed by atoms with Gasteiger partial charge in [-0.1, -0.05) is 60.2 Å². The zero-order chi connectivity index (χ0) is 19.0. The molecule has 0 bridgehead atoms. The molecular formula is C19H17ClF3NO2. The number of carbonyl (C=O) groups excluding carboxylic acids is 1. The molecule has 0 radical (unpaired) electrons. The Balaban J connectivity index is 1.75. The minimum absolute atomic E-state index is 0.174. The molecule has 138 valence electrons. The van der Waals surface area contributed by atoms with Crippen LogP contribution in [0.15, 0.2) is 54.6 Å². The predicted molar refractivity (Wildman–Crippen MR) is 94.7 cm³/mol. The van der Waals surface area contributed by atoms with Gasteiger partial charge in [0.2, 0.25) is 0 Å². The molecule has 2 rings (SSSR count). The van der Waals surface area contributed by atoms with Gasteiger partial charge in [0, 0.05) is 6.54 Å². The average Bonchev–Trinajstić information content (AvgIpc) is 2.61. The Morgan fingerprint density at radius 1 is 1.15 bits per heavy atom. The van der Waals surface area contributed by atoms with Crippen molar-refractivity contribution < 1.29 is 22.7 Å². The third-order valence-corrected chi connectivity index (χ3v) is 3.73. The summed E-state index contributed by atoms with van der Waals surface area (Å²) >= 11 is 5.57. The molecule has 0 unspecified atom stereocenters. The Labute approximate surface area is 154 Å². The van der Waals surface area contributed by atoms with Gasteiger partial charge in [-0.15, -0.1) is 0 Å². The molecule has 2 aromatic carbocycles. The van der Waals surface area contributed by atoms with E-state index in [9.17, 15) is 18.0 Å². The van der Waals surface area contributed by atoms with E-state index < -0.39 is 17.8 Å². The Bertz CT molecular complexity index is 761. The standard InChI is InChI=1S/C19H17ClF3NO2/c20-17-10-9-14(12-16(17)19(21,22)23)6-4-5-11-24-18(25)26-13-15-7-2-1-3-8-15/h1-4,6-10,12H,5,11,13H2,(H,24,25). The van der Waals surface area contributed by atoms with E-state index in [4.69, 9.17) is 16.3 Å². The Hall–Kier alpha value is -2.47. The maximum absolute atomic E-state index is 12.8. The van der Waals surface area contributed by atoms with E-state index in [2.05, 4.69) is 5.32 Å². The number of halogens is 4. The summed E-state index contributed by atoms with van der Waals surface area (Å²) in [6, 6.07) is 13.0. The highest BCUT2D eigenvalue weighted by molar-refractivity contribution is 6.31. The van der Waals surface area contributed by atoms with Crippen molar-refractivity contribution in [3.8, 4) is 0 Å². The van der Waals surface area contributed by atoms with Crippen LogP contribution in [-0.2, 0) is 17.5 Å². The van der Waals surface area contributed by atoms with Gasteiger partial charge in [0.25, 0.3) is 0 Å². The molecule has 0 aliphatic rings. The monoisotopic (exact) mass is 383 g/mol. The third kappa shape index (κ3) is 6.44. The first-order valence-corrected chi connectivity index (χ1v) is 8.22. The summed E-state index contributed by atoms with van der Waals surface area (Å²) in [5, 5.41) is 2.23. The molecular weight excluding hydrogens is 367 g/mol. The molecule has 0 fully saturated rings. The largest absolute Gasteiger partial charge is 0.445 e. The summed E-state index contributed by atoms with van der Waals surface area (Å²) in [5.74, 6) is 0. The molecule has 0 atom stereocenters. The van der Waals surface area contributed by atoms with Crippen molar-refractivity contribution in [3.63, 3.8) is 0 Å². The second-order valence-electron chi connectivity index (χ2n) is 5.42. The summed E-state index contributed by atoms with van der Waals surface area (Å²) < 4.78 is 43.4. The van der Waals surface area contributed by atoms with Gasteiger partial charge < -0.3 is 10.1 Å². The number of benzene rings is 2. The van der Waals surface area contributed by atoms with E-state index in [1.54, 1.807) is 12.2 Å². The minimum Gasteiger partial charge on any atom is -0.445 e. The molecule has 0 saturated carbocycles. The normalized spacial score (nSPS) is 11.5. The van der Waals surface area contributed by atoms with Crippen LogP contribution in [0.25, 0.3) is 6.08 Å². The van der Waals surface area contributed by atoms with Gasteiger partial charge >= 0.3 is 12.3 Å². The molecule has 3 nitrogen and oxygen atoms in total. The summed E-state index contributed by atoms with van der Waals surface area (Å²) in [6.45, 7) is 0.483. The van der Waals surface area contributed by atoms with Gasteiger partial charge in [-0.25, -0.2) is 4.79 Å². The number of ether oxygens (including phenoxy) is 1. The van der Waals surface area contributed by atoms with Crippen molar-refractivity contribution in [2.75, 3.05) is 6.54 Å². The molecule has 0 heterocycles. The Morgan fingerprint density at radius 3 is 2.58 bits per heavy atom. The molecule has 0 spiro atoms. The van der Waals surface area contributed by atoms with Crippen molar-refractivity contribution in [3.05, 3.63) is 76.3 Å². The topological polar surface area (TPSA) is 38.3 Å². The maximum Gasteiger partial charge on any atom is 0.417 e. The van der Waals surface area contributed by atoms with Gasteiger partial charge in [-0.05, 0) is 29.7 Å². The van der Waals surface area contributed by atoms with Crippen molar-refractivity contribution >= 4 is 23.8 Å². The van der Waals surface area contributed by atoms with E-state index in [1.165, 1.54) is 12.1 Å². The molecule has 0 saturated heterocycles. The zero-order valence-electron chi connectivity index (χ0n) is 13.7. The van der Waals surface area contributed by atoms with E-state index in [-0.39, 0.29) is 11.6 Å². The Kier molecular flexibility index (Phi) is 7.09. The molecule has 0 aliphatic heterocycles. The highest BCUT2D eigenvalue weighted by Gasteiger charge is 2.33. The lowest BCUT2D eigenvalue weighted by molar-refractivity contribution is -0.137. The molecule has 2 aromatic rings. The van der Waals surface area contributed by atoms with Crippen LogP contribution in [0, 0.1) is 0 Å². The minimum atomic E-state index is -4.50. The number of hydrogen-bond donors (Lipinski definition) is 1. The molecule has 26 heavy (non-hydrogen) atoms. The van der Waals surface area contributed by atoms with Crippen LogP contribution < -0.4 is 5.32 Å². The number of carbonyl (C=O) groups is 1. The summed E-state index contributed by atoms with van der Waals surface area (Å²) in [5.41, 5.74) is 0.392. The van der Waals surface area contributed by atoms with Gasteiger partial charge in [0.15, 0.2) is 0 Å². The quantitative estimate of drug-likeness (QED) is 0.651. The number of amides is 1. The van der Waals surface area contributed by atoms with Crippen LogP contribution in [-0.4, -0.2) is 12.6 Å². The summed E-state index contributed by atoms with van der Waals surface area (Å²) in [7, 11) is 0. The van der Waals surface area contributed by atoms with E-state index >= 15 is 0 Å². The van der Waals surface area contributed by atoms with Crippen molar-refractivity contribution in [2.45, 2.75) is 19.2 Å². The highest BCUT2D eigenvalue weighted by atomic mass is 35.5. The number of nitrogens with one attached hydrogen (secondary N) is 1. The van der Waals surface area contributed by atoms with Gasteiger partial charge in [0.1, 0.15) is 6.61 Å². The lowest BCUT2D eigenvalue weighted by Gasteiger charge is -2.09. The number of alkyl carbamates (subject to hydrolysis) is 1. The maximum atomic E-state index is 12.8. The molecule has 1 N–H and O–H groups in total. The fourth-order valence-corrected chi connectivity index (χ4v) is 2.34. The van der Waals surface area contributed by atoms with Crippen molar-refractivity contribution in [2.24, 2.45) is 0 Å². The predicted octanol–water partition coefficient (Wildman–Crippen LogP) is 5.69. The van der Waals surface area contributed by atoms with Gasteiger partial charge in [-0.2, -0.15) is 13.2 Å². The van der Waals surface area contributed by atoms with Gasteiger partial charge in [0.05, 0.1) is 10.6 Å². The van der Waals surface area contributed by atoms with Gasteiger partial charge in [-0.3, -0.25) is 0 Å². The number of rotatable bonds is 6. The molecule has 1 amide bonds. The SMILES string of the molecule is O=C(NCCC=Cc1ccc(Cl)c(C(F)(F)F)c1)OCc1ccccc1. The molecule has 7 heteroatoms. The van der Waals surface area contributed by atoms with Crippen molar-refractivity contribution in [1.82, 2.24) is 5.32 Å². The van der Waals surface area contributed by atoms with E-state index in [0.717, 1.165) is 11.6 Å². The van der Waals surface area contributed by atoms with Crippen LogP contribution in [0.1, 0.15) is 23.1 Å². The van der Waals surface area contributed by atoms with Crippen LogP contribution >= 0.6 is 11.6 Å². The lowest BCUT2D eigenvalue weighted by atomic mass is 10.1. The number of alkyl halides is 3. The fraction of sp³-hybridized carbons (Fsp3) is 0.211. The van der Waals surface area contributed by atoms with E-state index in [1.807, 2.05) is 30.3 Å². The number of hydrogen-bond acceptors (Lipinski definition) is 2. The first-order chi connectivity index (χ1) is 12.4. The van der Waals surface area contributed by atoms with Crippen LogP contribution in [0.4, 0.5) is 18.0 Å². The average molecular weight is 384 g/mol. The zero-order valence-corrected chi connectivity index (χ0v) is 14.5. The Morgan fingerprint density at radius 2 is 1.88 bits per heavy atom. The highest BCUT2D eigenvalue weighted by Crippen LogP contribution is 2.35.